The van der Waals surface area contributed by atoms with Crippen LogP contribution in [0.15, 0.2) is 54.6 Å². The van der Waals surface area contributed by atoms with Crippen molar-refractivity contribution >= 4 is 0 Å². The summed E-state index contributed by atoms with van der Waals surface area (Å²) >= 11 is 0. The lowest BCUT2D eigenvalue weighted by molar-refractivity contribution is 0.616. The molecule has 0 radical (unpaired) electrons. The van der Waals surface area contributed by atoms with Crippen molar-refractivity contribution in [1.29, 1.82) is 0 Å². The fraction of sp³-hybridized carbons (Fsp3) is 0.400. The molecule has 0 saturated carbocycles. The number of benzene rings is 2. The lowest BCUT2D eigenvalue weighted by atomic mass is 9.79. The zero-order chi connectivity index (χ0) is 14.8. The van der Waals surface area contributed by atoms with Gasteiger partial charge in [0.15, 0.2) is 0 Å². The van der Waals surface area contributed by atoms with E-state index >= 15 is 0 Å². The highest BCUT2D eigenvalue weighted by atomic mass is 14.2. The van der Waals surface area contributed by atoms with Crippen molar-refractivity contribution in [3.63, 3.8) is 0 Å². The minimum absolute atomic E-state index is 0.617. The van der Waals surface area contributed by atoms with Crippen LogP contribution in [0.25, 0.3) is 0 Å². The highest BCUT2D eigenvalue weighted by Gasteiger charge is 2.20. The molecule has 1 aliphatic rings. The molecule has 0 amide bonds. The minimum Gasteiger partial charge on any atom is -0.0683 e. The van der Waals surface area contributed by atoms with Crippen LogP contribution in [-0.4, -0.2) is 0 Å². The molecule has 108 valence electrons. The average molecular weight is 268 g/mol. The molecule has 0 spiro atoms. The first-order chi connectivity index (χ1) is 9.95. The molecule has 1 atom stereocenters. The van der Waals surface area contributed by atoms with Gasteiger partial charge in [-0.2, -0.15) is 0 Å². The zero-order valence-electron chi connectivity index (χ0n) is 13.4. The van der Waals surface area contributed by atoms with Crippen LogP contribution in [0.4, 0.5) is 0 Å². The Morgan fingerprint density at radius 3 is 2.05 bits per heavy atom. The maximum atomic E-state index is 2.30. The first-order valence-corrected chi connectivity index (χ1v) is 8.08. The number of rotatable bonds is 1. The van der Waals surface area contributed by atoms with E-state index in [4.69, 9.17) is 0 Å². The van der Waals surface area contributed by atoms with Gasteiger partial charge in [0, 0.05) is 5.92 Å². The first-order valence-electron chi connectivity index (χ1n) is 8.08. The molecule has 3 rings (SSSR count). The molecule has 0 nitrogen and oxygen atoms in total. The fourth-order valence-corrected chi connectivity index (χ4v) is 2.79. The summed E-state index contributed by atoms with van der Waals surface area (Å²) < 4.78 is 0. The van der Waals surface area contributed by atoms with Gasteiger partial charge in [-0.15, -0.1) is 0 Å². The van der Waals surface area contributed by atoms with E-state index in [0.717, 1.165) is 0 Å². The second kappa shape index (κ2) is 9.36. The van der Waals surface area contributed by atoms with Gasteiger partial charge in [-0.05, 0) is 36.0 Å². The molecule has 1 aliphatic carbocycles. The summed E-state index contributed by atoms with van der Waals surface area (Å²) in [4.78, 5) is 0. The molecule has 0 aliphatic heterocycles. The van der Waals surface area contributed by atoms with Gasteiger partial charge in [-0.25, -0.2) is 0 Å². The molecule has 1 unspecified atom stereocenters. The highest BCUT2D eigenvalue weighted by Crippen LogP contribution is 2.36. The largest absolute Gasteiger partial charge is 0.0683 e. The molecular weight excluding hydrogens is 240 g/mol. The standard InChI is InChI=1S/C16H16.2C2H6/c1-2-7-13(8-3-1)16-12-6-10-14-9-4-5-11-15(14)16;2*1-2/h1-5,7-9,11,16H,6,10,12H2;2*1-2H3. The number of aryl methyl sites for hydroxylation is 1. The molecule has 0 saturated heterocycles. The quantitative estimate of drug-likeness (QED) is 0.577. The first kappa shape index (κ1) is 16.5. The summed E-state index contributed by atoms with van der Waals surface area (Å²) in [7, 11) is 0. The minimum atomic E-state index is 0.617. The Morgan fingerprint density at radius 2 is 1.35 bits per heavy atom. The van der Waals surface area contributed by atoms with Crippen molar-refractivity contribution in [2.45, 2.75) is 52.9 Å². The van der Waals surface area contributed by atoms with Crippen LogP contribution in [0.5, 0.6) is 0 Å². The van der Waals surface area contributed by atoms with Crippen LogP contribution in [-0.2, 0) is 6.42 Å². The maximum absolute atomic E-state index is 2.30. The Kier molecular flexibility index (Phi) is 7.72. The van der Waals surface area contributed by atoms with Crippen molar-refractivity contribution in [2.75, 3.05) is 0 Å². The summed E-state index contributed by atoms with van der Waals surface area (Å²) in [6, 6.07) is 19.8. The molecule has 0 bridgehead atoms. The van der Waals surface area contributed by atoms with Gasteiger partial charge in [-0.3, -0.25) is 0 Å². The molecule has 2 aromatic carbocycles. The molecule has 0 fully saturated rings. The third-order valence-corrected chi connectivity index (χ3v) is 3.57. The Labute approximate surface area is 124 Å². The second-order valence-corrected chi connectivity index (χ2v) is 4.55. The fourth-order valence-electron chi connectivity index (χ4n) is 2.79. The average Bonchev–Trinajstić information content (AvgIpc) is 2.59. The molecule has 2 aromatic rings. The summed E-state index contributed by atoms with van der Waals surface area (Å²) in [6.45, 7) is 8.00. The van der Waals surface area contributed by atoms with Crippen LogP contribution in [0.1, 0.15) is 63.1 Å². The van der Waals surface area contributed by atoms with Gasteiger partial charge in [0.05, 0.1) is 0 Å². The van der Waals surface area contributed by atoms with Crippen molar-refractivity contribution in [3.8, 4) is 0 Å². The second-order valence-electron chi connectivity index (χ2n) is 4.55. The molecule has 0 heterocycles. The SMILES string of the molecule is CC.CC.c1ccc(C2CCCc3ccccc32)cc1. The van der Waals surface area contributed by atoms with E-state index in [2.05, 4.69) is 54.6 Å². The van der Waals surface area contributed by atoms with Gasteiger partial charge >= 0.3 is 0 Å². The molecular formula is C20H28. The van der Waals surface area contributed by atoms with E-state index in [-0.39, 0.29) is 0 Å². The molecule has 20 heavy (non-hydrogen) atoms. The van der Waals surface area contributed by atoms with Crippen molar-refractivity contribution < 1.29 is 0 Å². The van der Waals surface area contributed by atoms with E-state index in [0.29, 0.717) is 5.92 Å². The third kappa shape index (κ3) is 3.96. The van der Waals surface area contributed by atoms with Gasteiger partial charge in [0.1, 0.15) is 0 Å². The summed E-state index contributed by atoms with van der Waals surface area (Å²) in [5, 5.41) is 0. The monoisotopic (exact) mass is 268 g/mol. The van der Waals surface area contributed by atoms with E-state index in [9.17, 15) is 0 Å². The van der Waals surface area contributed by atoms with Gasteiger partial charge < -0.3 is 0 Å². The van der Waals surface area contributed by atoms with Crippen LogP contribution < -0.4 is 0 Å². The Balaban J connectivity index is 0.000000461. The van der Waals surface area contributed by atoms with Crippen LogP contribution in [0, 0.1) is 0 Å². The predicted octanol–water partition coefficient (Wildman–Crippen LogP) is 6.21. The molecule has 0 heteroatoms. The Hall–Kier alpha value is -1.56. The van der Waals surface area contributed by atoms with Crippen LogP contribution in [0.3, 0.4) is 0 Å². The van der Waals surface area contributed by atoms with Gasteiger partial charge in [0.25, 0.3) is 0 Å². The van der Waals surface area contributed by atoms with Crippen molar-refractivity contribution in [1.82, 2.24) is 0 Å². The summed E-state index contributed by atoms with van der Waals surface area (Å²) in [5.74, 6) is 0.617. The molecule has 0 N–H and O–H groups in total. The predicted molar refractivity (Wildman–Crippen MR) is 90.4 cm³/mol. The van der Waals surface area contributed by atoms with E-state index < -0.39 is 0 Å². The Bertz CT molecular complexity index is 470. The highest BCUT2D eigenvalue weighted by molar-refractivity contribution is 5.39. The topological polar surface area (TPSA) is 0 Å². The molecule has 0 aromatic heterocycles. The summed E-state index contributed by atoms with van der Waals surface area (Å²) in [6.07, 6.45) is 3.86. The normalized spacial score (nSPS) is 15.9. The van der Waals surface area contributed by atoms with Crippen molar-refractivity contribution in [3.05, 3.63) is 71.3 Å². The van der Waals surface area contributed by atoms with Crippen LogP contribution >= 0.6 is 0 Å². The lowest BCUT2D eigenvalue weighted by Gasteiger charge is -2.25. The smallest absolute Gasteiger partial charge is 0.00921 e. The van der Waals surface area contributed by atoms with Crippen molar-refractivity contribution in [2.24, 2.45) is 0 Å². The third-order valence-electron chi connectivity index (χ3n) is 3.57. The Morgan fingerprint density at radius 1 is 0.750 bits per heavy atom. The zero-order valence-corrected chi connectivity index (χ0v) is 13.4. The summed E-state index contributed by atoms with van der Waals surface area (Å²) in [5.41, 5.74) is 4.55. The van der Waals surface area contributed by atoms with E-state index in [1.54, 1.807) is 11.1 Å². The number of hydrogen-bond acceptors (Lipinski definition) is 0. The van der Waals surface area contributed by atoms with Crippen LogP contribution in [0.2, 0.25) is 0 Å². The van der Waals surface area contributed by atoms with Gasteiger partial charge in [-0.1, -0.05) is 82.3 Å². The maximum Gasteiger partial charge on any atom is 0.00921 e. The number of hydrogen-bond donors (Lipinski definition) is 0. The lowest BCUT2D eigenvalue weighted by Crippen LogP contribution is -2.10. The number of fused-ring (bicyclic) bond motifs is 1. The van der Waals surface area contributed by atoms with E-state index in [1.165, 1.54) is 24.8 Å². The van der Waals surface area contributed by atoms with Gasteiger partial charge in [0.2, 0.25) is 0 Å². The van der Waals surface area contributed by atoms with E-state index in [1.807, 2.05) is 27.7 Å².